The highest BCUT2D eigenvalue weighted by molar-refractivity contribution is 6.31. The molecule has 2 rings (SSSR count). The molecular weight excluding hydrogens is 288 g/mol. The van der Waals surface area contributed by atoms with Crippen LogP contribution >= 0.6 is 23.2 Å². The maximum Gasteiger partial charge on any atom is 0.254 e. The van der Waals surface area contributed by atoms with E-state index in [-0.39, 0.29) is 16.0 Å². The molecule has 1 aliphatic carbocycles. The number of alkyl halides is 1. The fraction of sp³-hybridized carbons (Fsp3) is 0.500. The van der Waals surface area contributed by atoms with Gasteiger partial charge in [-0.05, 0) is 37.3 Å². The lowest BCUT2D eigenvalue weighted by molar-refractivity contribution is 0.0939. The minimum absolute atomic E-state index is 0.00858. The van der Waals surface area contributed by atoms with Crippen LogP contribution in [0, 0.1) is 11.7 Å². The van der Waals surface area contributed by atoms with Gasteiger partial charge in [0.15, 0.2) is 5.82 Å². The fourth-order valence-electron chi connectivity index (χ4n) is 2.42. The smallest absolute Gasteiger partial charge is 0.254 e. The molecule has 1 N–H and O–H groups in total. The molecule has 5 heteroatoms. The molecule has 2 atom stereocenters. The Morgan fingerprint density at radius 3 is 2.95 bits per heavy atom. The molecule has 1 amide bonds. The molecule has 2 nitrogen and oxygen atoms in total. The van der Waals surface area contributed by atoms with E-state index in [1.165, 1.54) is 12.1 Å². The van der Waals surface area contributed by atoms with E-state index in [0.29, 0.717) is 12.5 Å². The Labute approximate surface area is 122 Å². The summed E-state index contributed by atoms with van der Waals surface area (Å²) in [5, 5.41) is 2.92. The summed E-state index contributed by atoms with van der Waals surface area (Å²) in [6.45, 7) is 0.536. The molecule has 0 saturated heterocycles. The van der Waals surface area contributed by atoms with Crippen molar-refractivity contribution in [1.29, 1.82) is 0 Å². The molecular formula is C14H16Cl2FNO. The van der Waals surface area contributed by atoms with Crippen molar-refractivity contribution < 1.29 is 9.18 Å². The van der Waals surface area contributed by atoms with E-state index in [1.54, 1.807) is 6.07 Å². The van der Waals surface area contributed by atoms with E-state index in [0.717, 1.165) is 25.7 Å². The Bertz CT molecular complexity index is 467. The molecule has 19 heavy (non-hydrogen) atoms. The van der Waals surface area contributed by atoms with Crippen LogP contribution in [0.3, 0.4) is 0 Å². The number of carbonyl (C=O) groups excluding carboxylic acids is 1. The van der Waals surface area contributed by atoms with Crippen LogP contribution in [0.25, 0.3) is 0 Å². The second-order valence-corrected chi connectivity index (χ2v) is 5.97. The highest BCUT2D eigenvalue weighted by Gasteiger charge is 2.21. The standard InChI is InChI=1S/C14H16Cl2FNO/c15-10-4-1-3-9(7-10)8-18-14(19)11-5-2-6-12(16)13(11)17/h2,5-6,9-10H,1,3-4,7-8H2,(H,18,19). The van der Waals surface area contributed by atoms with E-state index in [2.05, 4.69) is 5.32 Å². The molecule has 0 heterocycles. The lowest BCUT2D eigenvalue weighted by Gasteiger charge is -2.25. The number of nitrogens with one attached hydrogen (secondary N) is 1. The first kappa shape index (κ1) is 14.6. The van der Waals surface area contributed by atoms with Crippen molar-refractivity contribution in [3.05, 3.63) is 34.6 Å². The average molecular weight is 304 g/mol. The van der Waals surface area contributed by atoms with Gasteiger partial charge in [0.2, 0.25) is 0 Å². The number of hydrogen-bond acceptors (Lipinski definition) is 1. The van der Waals surface area contributed by atoms with Gasteiger partial charge in [-0.15, -0.1) is 11.6 Å². The zero-order chi connectivity index (χ0) is 13.8. The molecule has 1 aliphatic rings. The summed E-state index contributed by atoms with van der Waals surface area (Å²) in [6, 6.07) is 4.42. The van der Waals surface area contributed by atoms with Gasteiger partial charge in [-0.25, -0.2) is 4.39 Å². The van der Waals surface area contributed by atoms with Crippen molar-refractivity contribution in [2.24, 2.45) is 5.92 Å². The highest BCUT2D eigenvalue weighted by atomic mass is 35.5. The van der Waals surface area contributed by atoms with Crippen LogP contribution in [0.4, 0.5) is 4.39 Å². The summed E-state index contributed by atoms with van der Waals surface area (Å²) in [6.07, 6.45) is 4.08. The van der Waals surface area contributed by atoms with Gasteiger partial charge in [-0.1, -0.05) is 24.1 Å². The molecule has 104 valence electrons. The largest absolute Gasteiger partial charge is 0.352 e. The molecule has 1 aromatic carbocycles. The van der Waals surface area contributed by atoms with E-state index in [1.807, 2.05) is 0 Å². The highest BCUT2D eigenvalue weighted by Crippen LogP contribution is 2.27. The minimum atomic E-state index is -0.666. The van der Waals surface area contributed by atoms with Gasteiger partial charge < -0.3 is 5.32 Å². The predicted molar refractivity (Wildman–Crippen MR) is 75.3 cm³/mol. The summed E-state index contributed by atoms with van der Waals surface area (Å²) in [7, 11) is 0. The SMILES string of the molecule is O=C(NCC1CCCC(Cl)C1)c1cccc(Cl)c1F. The van der Waals surface area contributed by atoms with Crippen molar-refractivity contribution in [3.63, 3.8) is 0 Å². The molecule has 1 aromatic rings. The molecule has 0 radical (unpaired) electrons. The van der Waals surface area contributed by atoms with Crippen molar-refractivity contribution in [1.82, 2.24) is 5.32 Å². The van der Waals surface area contributed by atoms with Crippen LogP contribution in [0.2, 0.25) is 5.02 Å². The minimum Gasteiger partial charge on any atom is -0.352 e. The normalized spacial score (nSPS) is 23.1. The topological polar surface area (TPSA) is 29.1 Å². The quantitative estimate of drug-likeness (QED) is 0.840. The number of rotatable bonds is 3. The van der Waals surface area contributed by atoms with Gasteiger partial charge in [0.25, 0.3) is 5.91 Å². The number of halogens is 3. The summed E-state index contributed by atoms with van der Waals surface area (Å²) in [4.78, 5) is 11.9. The van der Waals surface area contributed by atoms with E-state index in [4.69, 9.17) is 23.2 Å². The Kier molecular flexibility index (Phi) is 5.06. The molecule has 1 fully saturated rings. The second kappa shape index (κ2) is 6.58. The first-order chi connectivity index (χ1) is 9.08. The predicted octanol–water partition coefficient (Wildman–Crippen LogP) is 4.01. The van der Waals surface area contributed by atoms with Crippen LogP contribution in [0.1, 0.15) is 36.0 Å². The first-order valence-electron chi connectivity index (χ1n) is 6.44. The molecule has 0 spiro atoms. The van der Waals surface area contributed by atoms with Gasteiger partial charge in [0.1, 0.15) is 0 Å². The van der Waals surface area contributed by atoms with Crippen LogP contribution in [0.15, 0.2) is 18.2 Å². The zero-order valence-electron chi connectivity index (χ0n) is 10.5. The monoisotopic (exact) mass is 303 g/mol. The average Bonchev–Trinajstić information content (AvgIpc) is 2.39. The van der Waals surface area contributed by atoms with Crippen molar-refractivity contribution in [2.45, 2.75) is 31.1 Å². The van der Waals surface area contributed by atoms with Crippen molar-refractivity contribution in [2.75, 3.05) is 6.54 Å². The second-order valence-electron chi connectivity index (χ2n) is 4.94. The first-order valence-corrected chi connectivity index (χ1v) is 7.25. The van der Waals surface area contributed by atoms with E-state index < -0.39 is 11.7 Å². The van der Waals surface area contributed by atoms with Gasteiger partial charge >= 0.3 is 0 Å². The van der Waals surface area contributed by atoms with Crippen molar-refractivity contribution >= 4 is 29.1 Å². The van der Waals surface area contributed by atoms with Gasteiger partial charge in [0.05, 0.1) is 10.6 Å². The Morgan fingerprint density at radius 2 is 2.21 bits per heavy atom. The Hall–Kier alpha value is -0.800. The molecule has 0 aliphatic heterocycles. The maximum atomic E-state index is 13.7. The Morgan fingerprint density at radius 1 is 1.42 bits per heavy atom. The van der Waals surface area contributed by atoms with Gasteiger partial charge in [-0.2, -0.15) is 0 Å². The third kappa shape index (κ3) is 3.83. The maximum absolute atomic E-state index is 13.7. The summed E-state index contributed by atoms with van der Waals surface area (Å²) in [5.74, 6) is -0.709. The molecule has 0 bridgehead atoms. The van der Waals surface area contributed by atoms with Gasteiger partial charge in [-0.3, -0.25) is 4.79 Å². The molecule has 0 aromatic heterocycles. The van der Waals surface area contributed by atoms with E-state index in [9.17, 15) is 9.18 Å². The van der Waals surface area contributed by atoms with Gasteiger partial charge in [0, 0.05) is 11.9 Å². The number of benzene rings is 1. The molecule has 2 unspecified atom stereocenters. The number of carbonyl (C=O) groups is 1. The summed E-state index contributed by atoms with van der Waals surface area (Å²) in [5.41, 5.74) is -0.00858. The third-order valence-electron chi connectivity index (χ3n) is 3.47. The van der Waals surface area contributed by atoms with Crippen LogP contribution in [0.5, 0.6) is 0 Å². The van der Waals surface area contributed by atoms with Crippen molar-refractivity contribution in [3.8, 4) is 0 Å². The molecule has 1 saturated carbocycles. The zero-order valence-corrected chi connectivity index (χ0v) is 12.0. The Balaban J connectivity index is 1.92. The number of amides is 1. The number of hydrogen-bond donors (Lipinski definition) is 1. The van der Waals surface area contributed by atoms with Crippen LogP contribution < -0.4 is 5.32 Å². The lowest BCUT2D eigenvalue weighted by atomic mass is 9.89. The van der Waals surface area contributed by atoms with Crippen LogP contribution in [-0.2, 0) is 0 Å². The summed E-state index contributed by atoms with van der Waals surface area (Å²) >= 11 is 11.8. The summed E-state index contributed by atoms with van der Waals surface area (Å²) < 4.78 is 13.7. The van der Waals surface area contributed by atoms with E-state index >= 15 is 0 Å². The fourth-order valence-corrected chi connectivity index (χ4v) is 3.00. The third-order valence-corrected chi connectivity index (χ3v) is 4.15. The lowest BCUT2D eigenvalue weighted by Crippen LogP contribution is -2.32. The van der Waals surface area contributed by atoms with Crippen LogP contribution in [-0.4, -0.2) is 17.8 Å².